The molecule has 0 atom stereocenters. The van der Waals surface area contributed by atoms with E-state index in [0.717, 1.165) is 11.3 Å². The monoisotopic (exact) mass is 254 g/mol. The Hall–Kier alpha value is -2.76. The normalized spacial score (nSPS) is 10.8. The van der Waals surface area contributed by atoms with Crippen LogP contribution in [-0.4, -0.2) is 19.3 Å². The first kappa shape index (κ1) is 11.3. The molecule has 0 radical (unpaired) electrons. The molecule has 6 nitrogen and oxygen atoms in total. The average Bonchev–Trinajstić information content (AvgIpc) is 2.77. The van der Waals surface area contributed by atoms with Gasteiger partial charge in [0.1, 0.15) is 0 Å². The molecule has 1 aromatic carbocycles. The predicted octanol–water partition coefficient (Wildman–Crippen LogP) is 2.61. The van der Waals surface area contributed by atoms with E-state index < -0.39 is 4.92 Å². The lowest BCUT2D eigenvalue weighted by molar-refractivity contribution is -0.384. The van der Waals surface area contributed by atoms with E-state index in [2.05, 4.69) is 9.97 Å². The molecule has 94 valence electrons. The van der Waals surface area contributed by atoms with Crippen LogP contribution < -0.4 is 0 Å². The van der Waals surface area contributed by atoms with Gasteiger partial charge in [-0.1, -0.05) is 12.1 Å². The summed E-state index contributed by atoms with van der Waals surface area (Å²) in [6.07, 6.45) is 3.53. The molecule has 0 aliphatic carbocycles. The zero-order valence-electron chi connectivity index (χ0n) is 10.1. The van der Waals surface area contributed by atoms with Gasteiger partial charge in [0.25, 0.3) is 5.69 Å². The number of rotatable bonds is 2. The van der Waals surface area contributed by atoms with Crippen LogP contribution >= 0.6 is 0 Å². The maximum absolute atomic E-state index is 10.8. The number of fused-ring (bicyclic) bond motifs is 1. The molecule has 6 heteroatoms. The molecule has 0 N–H and O–H groups in total. The largest absolute Gasteiger partial charge is 0.288 e. The SMILES string of the molecule is Cc1c(-c2cccc([N+](=O)[O-])c2)nc2ncccn12. The number of benzene rings is 1. The Labute approximate surface area is 108 Å². The minimum Gasteiger partial charge on any atom is -0.288 e. The number of nitro groups is 1. The van der Waals surface area contributed by atoms with Gasteiger partial charge >= 0.3 is 0 Å². The van der Waals surface area contributed by atoms with Crippen LogP contribution in [0.25, 0.3) is 17.0 Å². The summed E-state index contributed by atoms with van der Waals surface area (Å²) < 4.78 is 1.86. The van der Waals surface area contributed by atoms with E-state index >= 15 is 0 Å². The van der Waals surface area contributed by atoms with Crippen molar-refractivity contribution >= 4 is 11.5 Å². The van der Waals surface area contributed by atoms with Crippen LogP contribution in [0.15, 0.2) is 42.7 Å². The number of nitro benzene ring substituents is 1. The van der Waals surface area contributed by atoms with Crippen molar-refractivity contribution in [2.24, 2.45) is 0 Å². The minimum atomic E-state index is -0.410. The molecule has 0 saturated heterocycles. The van der Waals surface area contributed by atoms with Gasteiger partial charge in [-0.25, -0.2) is 9.97 Å². The van der Waals surface area contributed by atoms with Crippen molar-refractivity contribution in [2.45, 2.75) is 6.92 Å². The lowest BCUT2D eigenvalue weighted by Crippen LogP contribution is -1.90. The fraction of sp³-hybridized carbons (Fsp3) is 0.0769. The number of aryl methyl sites for hydroxylation is 1. The van der Waals surface area contributed by atoms with Crippen LogP contribution in [0.4, 0.5) is 5.69 Å². The van der Waals surface area contributed by atoms with Crippen molar-refractivity contribution in [1.29, 1.82) is 0 Å². The topological polar surface area (TPSA) is 73.3 Å². The number of hydrogen-bond donors (Lipinski definition) is 0. The van der Waals surface area contributed by atoms with E-state index in [-0.39, 0.29) is 5.69 Å². The second-order valence-electron chi connectivity index (χ2n) is 4.14. The van der Waals surface area contributed by atoms with Crippen molar-refractivity contribution in [3.05, 3.63) is 58.5 Å². The van der Waals surface area contributed by atoms with Crippen LogP contribution in [0.1, 0.15) is 5.69 Å². The van der Waals surface area contributed by atoms with E-state index in [1.165, 1.54) is 12.1 Å². The van der Waals surface area contributed by atoms with E-state index in [4.69, 9.17) is 0 Å². The summed E-state index contributed by atoms with van der Waals surface area (Å²) in [7, 11) is 0. The lowest BCUT2D eigenvalue weighted by atomic mass is 10.1. The highest BCUT2D eigenvalue weighted by atomic mass is 16.6. The lowest BCUT2D eigenvalue weighted by Gasteiger charge is -1.99. The Morgan fingerprint density at radius 1 is 1.32 bits per heavy atom. The predicted molar refractivity (Wildman–Crippen MR) is 69.8 cm³/mol. The third-order valence-electron chi connectivity index (χ3n) is 2.97. The summed E-state index contributed by atoms with van der Waals surface area (Å²) in [4.78, 5) is 19.0. The van der Waals surface area contributed by atoms with E-state index in [9.17, 15) is 10.1 Å². The maximum Gasteiger partial charge on any atom is 0.270 e. The Bertz CT molecular complexity index is 779. The fourth-order valence-electron chi connectivity index (χ4n) is 2.04. The highest BCUT2D eigenvalue weighted by Gasteiger charge is 2.13. The zero-order chi connectivity index (χ0) is 13.4. The number of imidazole rings is 1. The molecular weight excluding hydrogens is 244 g/mol. The molecule has 0 unspecified atom stereocenters. The van der Waals surface area contributed by atoms with Gasteiger partial charge in [0.15, 0.2) is 0 Å². The second-order valence-corrected chi connectivity index (χ2v) is 4.14. The van der Waals surface area contributed by atoms with Crippen LogP contribution in [0.2, 0.25) is 0 Å². The maximum atomic E-state index is 10.8. The first-order valence-electron chi connectivity index (χ1n) is 5.71. The number of non-ortho nitro benzene ring substituents is 1. The Kier molecular flexibility index (Phi) is 2.49. The van der Waals surface area contributed by atoms with Crippen LogP contribution in [0, 0.1) is 17.0 Å². The molecule has 2 aromatic heterocycles. The summed E-state index contributed by atoms with van der Waals surface area (Å²) in [6, 6.07) is 8.27. The fourth-order valence-corrected chi connectivity index (χ4v) is 2.04. The van der Waals surface area contributed by atoms with Crippen LogP contribution in [0.3, 0.4) is 0 Å². The molecular formula is C13H10N4O2. The third kappa shape index (κ3) is 1.83. The molecule has 0 aliphatic heterocycles. The summed E-state index contributed by atoms with van der Waals surface area (Å²) in [5, 5.41) is 10.8. The molecule has 0 amide bonds. The van der Waals surface area contributed by atoms with Gasteiger partial charge in [-0.2, -0.15) is 0 Å². The quantitative estimate of drug-likeness (QED) is 0.520. The van der Waals surface area contributed by atoms with Crippen LogP contribution in [-0.2, 0) is 0 Å². The van der Waals surface area contributed by atoms with Crippen molar-refractivity contribution in [3.8, 4) is 11.3 Å². The smallest absolute Gasteiger partial charge is 0.270 e. The van der Waals surface area contributed by atoms with Gasteiger partial charge in [0.2, 0.25) is 5.78 Å². The van der Waals surface area contributed by atoms with Crippen molar-refractivity contribution in [2.75, 3.05) is 0 Å². The second kappa shape index (κ2) is 4.16. The highest BCUT2D eigenvalue weighted by molar-refractivity contribution is 5.67. The van der Waals surface area contributed by atoms with Crippen LogP contribution in [0.5, 0.6) is 0 Å². The van der Waals surface area contributed by atoms with Gasteiger partial charge in [0, 0.05) is 35.8 Å². The molecule has 0 fully saturated rings. The number of hydrogen-bond acceptors (Lipinski definition) is 4. The summed E-state index contributed by atoms with van der Waals surface area (Å²) >= 11 is 0. The van der Waals surface area contributed by atoms with Crippen molar-refractivity contribution in [1.82, 2.24) is 14.4 Å². The van der Waals surface area contributed by atoms with Crippen molar-refractivity contribution in [3.63, 3.8) is 0 Å². The Morgan fingerprint density at radius 3 is 2.89 bits per heavy atom. The number of aromatic nitrogens is 3. The molecule has 19 heavy (non-hydrogen) atoms. The summed E-state index contributed by atoms with van der Waals surface area (Å²) in [5.74, 6) is 0.585. The molecule has 2 heterocycles. The van der Waals surface area contributed by atoms with Gasteiger partial charge < -0.3 is 0 Å². The van der Waals surface area contributed by atoms with Gasteiger partial charge in [0.05, 0.1) is 10.6 Å². The highest BCUT2D eigenvalue weighted by Crippen LogP contribution is 2.26. The Balaban J connectivity index is 2.21. The third-order valence-corrected chi connectivity index (χ3v) is 2.97. The van der Waals surface area contributed by atoms with E-state index in [1.54, 1.807) is 12.3 Å². The zero-order valence-corrected chi connectivity index (χ0v) is 10.1. The first-order chi connectivity index (χ1) is 9.16. The number of nitrogens with zero attached hydrogens (tertiary/aromatic N) is 4. The molecule has 0 bridgehead atoms. The average molecular weight is 254 g/mol. The Morgan fingerprint density at radius 2 is 2.16 bits per heavy atom. The van der Waals surface area contributed by atoms with Gasteiger partial charge in [-0.3, -0.25) is 14.5 Å². The molecule has 0 spiro atoms. The van der Waals surface area contributed by atoms with E-state index in [1.807, 2.05) is 29.7 Å². The summed E-state index contributed by atoms with van der Waals surface area (Å²) in [6.45, 7) is 1.91. The van der Waals surface area contributed by atoms with Crippen molar-refractivity contribution < 1.29 is 4.92 Å². The summed E-state index contributed by atoms with van der Waals surface area (Å²) in [5.41, 5.74) is 2.39. The molecule has 3 aromatic rings. The standard InChI is InChI=1S/C13H10N4O2/c1-9-12(15-13-14-6-3-7-16(9)13)10-4-2-5-11(8-10)17(18)19/h2-8H,1H3. The van der Waals surface area contributed by atoms with Gasteiger partial charge in [-0.05, 0) is 13.0 Å². The molecule has 0 saturated carbocycles. The molecule has 3 rings (SSSR count). The van der Waals surface area contributed by atoms with Gasteiger partial charge in [-0.15, -0.1) is 0 Å². The molecule has 0 aliphatic rings. The first-order valence-corrected chi connectivity index (χ1v) is 5.71. The van der Waals surface area contributed by atoms with E-state index in [0.29, 0.717) is 11.5 Å². The minimum absolute atomic E-state index is 0.0573.